The van der Waals surface area contributed by atoms with E-state index in [1.165, 1.54) is 17.4 Å². The van der Waals surface area contributed by atoms with Crippen molar-refractivity contribution in [2.24, 2.45) is 13.0 Å². The van der Waals surface area contributed by atoms with Crippen LogP contribution in [0.15, 0.2) is 23.1 Å². The zero-order chi connectivity index (χ0) is 15.5. The minimum absolute atomic E-state index is 0.0362. The molecule has 1 aliphatic heterocycles. The van der Waals surface area contributed by atoms with Gasteiger partial charge >= 0.3 is 0 Å². The summed E-state index contributed by atoms with van der Waals surface area (Å²) in [4.78, 5) is 24.3. The zero-order valence-electron chi connectivity index (χ0n) is 12.8. The number of aromatic nitrogens is 1. The van der Waals surface area contributed by atoms with Gasteiger partial charge in [0.2, 0.25) is 0 Å². The first-order chi connectivity index (χ1) is 10.6. The lowest BCUT2D eigenvalue weighted by Gasteiger charge is -2.32. The third kappa shape index (κ3) is 3.56. The van der Waals surface area contributed by atoms with Crippen LogP contribution in [-0.4, -0.2) is 42.4 Å². The molecule has 0 aromatic carbocycles. The van der Waals surface area contributed by atoms with Crippen LogP contribution in [0.25, 0.3) is 0 Å². The van der Waals surface area contributed by atoms with Crippen LogP contribution in [0.1, 0.15) is 29.6 Å². The molecule has 1 N–H and O–H groups in total. The van der Waals surface area contributed by atoms with Gasteiger partial charge in [-0.3, -0.25) is 9.59 Å². The Morgan fingerprint density at radius 1 is 1.45 bits per heavy atom. The van der Waals surface area contributed by atoms with Crippen LogP contribution in [0.5, 0.6) is 0 Å². The zero-order valence-corrected chi connectivity index (χ0v) is 12.8. The maximum Gasteiger partial charge on any atom is 0.263 e. The van der Waals surface area contributed by atoms with Gasteiger partial charge in [-0.05, 0) is 37.3 Å². The Labute approximate surface area is 129 Å². The van der Waals surface area contributed by atoms with E-state index in [1.807, 2.05) is 0 Å². The average Bonchev–Trinajstić information content (AvgIpc) is 3.33. The van der Waals surface area contributed by atoms with Crippen molar-refractivity contribution in [3.05, 3.63) is 34.2 Å². The van der Waals surface area contributed by atoms with E-state index in [0.717, 1.165) is 13.0 Å². The molecular weight excluding hydrogens is 284 g/mol. The van der Waals surface area contributed by atoms with Crippen molar-refractivity contribution in [3.8, 4) is 0 Å². The van der Waals surface area contributed by atoms with Crippen molar-refractivity contribution in [1.82, 2.24) is 9.88 Å². The Balaban J connectivity index is 1.64. The molecule has 22 heavy (non-hydrogen) atoms. The predicted octanol–water partition coefficient (Wildman–Crippen LogP) is 0.699. The van der Waals surface area contributed by atoms with Crippen LogP contribution in [-0.2, 0) is 16.5 Å². The van der Waals surface area contributed by atoms with Gasteiger partial charge in [-0.15, -0.1) is 0 Å². The van der Waals surface area contributed by atoms with E-state index in [1.54, 1.807) is 25.4 Å². The summed E-state index contributed by atoms with van der Waals surface area (Å²) in [5, 5.41) is 2.90. The fourth-order valence-electron chi connectivity index (χ4n) is 2.61. The number of ether oxygens (including phenoxy) is 2. The van der Waals surface area contributed by atoms with E-state index >= 15 is 0 Å². The van der Waals surface area contributed by atoms with E-state index in [-0.39, 0.29) is 29.2 Å². The summed E-state index contributed by atoms with van der Waals surface area (Å²) in [5.74, 6) is 0.317. The first kappa shape index (κ1) is 15.2. The highest BCUT2D eigenvalue weighted by atomic mass is 16.5. The van der Waals surface area contributed by atoms with Crippen molar-refractivity contribution in [2.45, 2.75) is 31.4 Å². The smallest absolute Gasteiger partial charge is 0.263 e. The van der Waals surface area contributed by atoms with Crippen LogP contribution in [0.3, 0.4) is 0 Å². The van der Waals surface area contributed by atoms with E-state index in [2.05, 4.69) is 5.32 Å². The van der Waals surface area contributed by atoms with Crippen molar-refractivity contribution >= 4 is 5.91 Å². The number of amides is 1. The molecule has 1 saturated heterocycles. The first-order valence-corrected chi connectivity index (χ1v) is 7.81. The van der Waals surface area contributed by atoms with Crippen molar-refractivity contribution < 1.29 is 14.3 Å². The van der Waals surface area contributed by atoms with Gasteiger partial charge in [-0.25, -0.2) is 0 Å². The summed E-state index contributed by atoms with van der Waals surface area (Å²) < 4.78 is 12.8. The number of nitrogens with one attached hydrogen (secondary N) is 1. The Morgan fingerprint density at radius 2 is 2.27 bits per heavy atom. The fourth-order valence-corrected chi connectivity index (χ4v) is 2.61. The van der Waals surface area contributed by atoms with Crippen LogP contribution in [0.2, 0.25) is 0 Å². The van der Waals surface area contributed by atoms with Crippen molar-refractivity contribution in [3.63, 3.8) is 0 Å². The van der Waals surface area contributed by atoms with E-state index in [4.69, 9.17) is 9.47 Å². The fraction of sp³-hybridized carbons (Fsp3) is 0.625. The Kier molecular flexibility index (Phi) is 4.59. The Bertz CT molecular complexity index is 594. The highest BCUT2D eigenvalue weighted by Gasteiger charge is 2.31. The maximum atomic E-state index is 12.3. The molecule has 0 bridgehead atoms. The van der Waals surface area contributed by atoms with Gasteiger partial charge in [0.25, 0.3) is 11.5 Å². The summed E-state index contributed by atoms with van der Waals surface area (Å²) in [6.07, 6.45) is 4.83. The number of nitrogens with zero attached hydrogens (tertiary/aromatic N) is 1. The Hall–Kier alpha value is -1.66. The number of carbonyl (C=O) groups is 1. The minimum atomic E-state index is -0.364. The molecule has 0 spiro atoms. The van der Waals surface area contributed by atoms with E-state index in [0.29, 0.717) is 19.1 Å². The van der Waals surface area contributed by atoms with Crippen LogP contribution in [0.4, 0.5) is 0 Å². The largest absolute Gasteiger partial charge is 0.379 e. The second-order valence-electron chi connectivity index (χ2n) is 6.10. The highest BCUT2D eigenvalue weighted by molar-refractivity contribution is 5.94. The normalized spacial score (nSPS) is 25.0. The molecule has 2 aliphatic rings. The molecule has 1 amide bonds. The second-order valence-corrected chi connectivity index (χ2v) is 6.10. The molecule has 1 aliphatic carbocycles. The lowest BCUT2D eigenvalue weighted by atomic mass is 10.1. The molecule has 120 valence electrons. The van der Waals surface area contributed by atoms with Gasteiger partial charge in [-0.2, -0.15) is 0 Å². The molecule has 1 aromatic heterocycles. The molecule has 6 heteroatoms. The van der Waals surface area contributed by atoms with Crippen LogP contribution >= 0.6 is 0 Å². The molecule has 3 rings (SSSR count). The average molecular weight is 306 g/mol. The van der Waals surface area contributed by atoms with E-state index < -0.39 is 0 Å². The lowest BCUT2D eigenvalue weighted by molar-refractivity contribution is -0.0567. The number of carbonyl (C=O) groups excluding carboxylic acids is 1. The molecule has 1 aromatic rings. The highest BCUT2D eigenvalue weighted by Crippen LogP contribution is 2.30. The van der Waals surface area contributed by atoms with Crippen LogP contribution in [0, 0.1) is 5.92 Å². The SMILES string of the molecule is Cn1cccc(C(=O)N[C@@H]2COCC[C@@H]2OCC2CC2)c1=O. The number of hydrogen-bond donors (Lipinski definition) is 1. The molecule has 1 saturated carbocycles. The third-order valence-corrected chi connectivity index (χ3v) is 4.22. The number of pyridine rings is 1. The van der Waals surface area contributed by atoms with Gasteiger partial charge in [0.05, 0.1) is 18.8 Å². The minimum Gasteiger partial charge on any atom is -0.379 e. The standard InChI is InChI=1S/C16H22N2O4/c1-18-7-2-3-12(16(18)20)15(19)17-13-10-21-8-6-14(13)22-9-11-4-5-11/h2-3,7,11,13-14H,4-6,8-10H2,1H3,(H,17,19)/t13-,14+/m1/s1. The Morgan fingerprint density at radius 3 is 3.05 bits per heavy atom. The monoisotopic (exact) mass is 306 g/mol. The molecule has 0 radical (unpaired) electrons. The lowest BCUT2D eigenvalue weighted by Crippen LogP contribution is -2.51. The van der Waals surface area contributed by atoms with Crippen molar-refractivity contribution in [2.75, 3.05) is 19.8 Å². The van der Waals surface area contributed by atoms with Gasteiger partial charge in [0.15, 0.2) is 0 Å². The molecular formula is C16H22N2O4. The molecule has 2 heterocycles. The summed E-state index contributed by atoms with van der Waals surface area (Å²) in [5.41, 5.74) is -0.149. The molecule has 2 fully saturated rings. The predicted molar refractivity (Wildman–Crippen MR) is 80.8 cm³/mol. The summed E-state index contributed by atoms with van der Waals surface area (Å²) in [7, 11) is 1.63. The third-order valence-electron chi connectivity index (χ3n) is 4.22. The van der Waals surface area contributed by atoms with Gasteiger partial charge < -0.3 is 19.4 Å². The number of rotatable bonds is 5. The van der Waals surface area contributed by atoms with Gasteiger partial charge in [0, 0.05) is 26.5 Å². The summed E-state index contributed by atoms with van der Waals surface area (Å²) in [6.45, 7) is 1.83. The van der Waals surface area contributed by atoms with E-state index in [9.17, 15) is 9.59 Å². The quantitative estimate of drug-likeness (QED) is 0.869. The summed E-state index contributed by atoms with van der Waals surface area (Å²) >= 11 is 0. The van der Waals surface area contributed by atoms with Crippen molar-refractivity contribution in [1.29, 1.82) is 0 Å². The molecule has 2 atom stereocenters. The molecule has 0 unspecified atom stereocenters. The maximum absolute atomic E-state index is 12.3. The molecule has 6 nitrogen and oxygen atoms in total. The first-order valence-electron chi connectivity index (χ1n) is 7.81. The van der Waals surface area contributed by atoms with Crippen LogP contribution < -0.4 is 10.9 Å². The number of hydrogen-bond acceptors (Lipinski definition) is 4. The topological polar surface area (TPSA) is 69.6 Å². The number of aryl methyl sites for hydroxylation is 1. The van der Waals surface area contributed by atoms with Gasteiger partial charge in [-0.1, -0.05) is 0 Å². The van der Waals surface area contributed by atoms with Gasteiger partial charge in [0.1, 0.15) is 5.56 Å². The second kappa shape index (κ2) is 6.62. The summed E-state index contributed by atoms with van der Waals surface area (Å²) in [6, 6.07) is 3.03.